The molecule has 0 bridgehead atoms. The summed E-state index contributed by atoms with van der Waals surface area (Å²) in [7, 11) is 0. The summed E-state index contributed by atoms with van der Waals surface area (Å²) >= 11 is 0. The van der Waals surface area contributed by atoms with E-state index < -0.39 is 12.3 Å². The molecule has 1 rings (SSSR count). The summed E-state index contributed by atoms with van der Waals surface area (Å²) in [5.41, 5.74) is 5.69. The number of nitrogen functional groups attached to an aromatic ring is 1. The lowest BCUT2D eigenvalue weighted by Gasteiger charge is -2.17. The number of rotatable bonds is 2. The molecule has 15 heavy (non-hydrogen) atoms. The molecule has 0 saturated heterocycles. The van der Waals surface area contributed by atoms with E-state index >= 15 is 0 Å². The highest BCUT2D eigenvalue weighted by atomic mass is 19.4. The maximum atomic E-state index is 12.2. The van der Waals surface area contributed by atoms with Crippen molar-refractivity contribution in [1.29, 1.82) is 0 Å². The van der Waals surface area contributed by atoms with Gasteiger partial charge in [0.05, 0.1) is 5.56 Å². The average molecular weight is 221 g/mol. The zero-order valence-corrected chi connectivity index (χ0v) is 8.17. The molecule has 0 radical (unpaired) electrons. The average Bonchev–Trinajstić information content (AvgIpc) is 2.11. The normalized spacial score (nSPS) is 13.7. The second-order valence-corrected chi connectivity index (χ2v) is 2.99. The van der Waals surface area contributed by atoms with Gasteiger partial charge in [-0.05, 0) is 13.8 Å². The topological polar surface area (TPSA) is 61.0 Å². The Kier molecular flexibility index (Phi) is 3.01. The highest BCUT2D eigenvalue weighted by Crippen LogP contribution is 2.26. The van der Waals surface area contributed by atoms with Crippen molar-refractivity contribution in [2.45, 2.75) is 26.1 Å². The van der Waals surface area contributed by atoms with Gasteiger partial charge in [-0.1, -0.05) is 0 Å². The summed E-state index contributed by atoms with van der Waals surface area (Å²) in [6.07, 6.45) is -5.29. The number of hydrogen-bond acceptors (Lipinski definition) is 4. The molecule has 1 aromatic heterocycles. The van der Waals surface area contributed by atoms with Gasteiger partial charge in [-0.15, -0.1) is 0 Å². The summed E-state index contributed by atoms with van der Waals surface area (Å²) in [6, 6.07) is 0. The second-order valence-electron chi connectivity index (χ2n) is 2.99. The van der Waals surface area contributed by atoms with E-state index in [0.29, 0.717) is 5.56 Å². The van der Waals surface area contributed by atoms with Gasteiger partial charge in [-0.25, -0.2) is 9.97 Å². The second kappa shape index (κ2) is 3.92. The minimum Gasteiger partial charge on any atom is -0.465 e. The van der Waals surface area contributed by atoms with Gasteiger partial charge in [-0.3, -0.25) is 0 Å². The van der Waals surface area contributed by atoms with E-state index in [1.165, 1.54) is 6.92 Å². The first-order valence-corrected chi connectivity index (χ1v) is 4.13. The highest BCUT2D eigenvalue weighted by molar-refractivity contribution is 5.43. The lowest BCUT2D eigenvalue weighted by atomic mass is 10.3. The van der Waals surface area contributed by atoms with Crippen molar-refractivity contribution >= 4 is 5.82 Å². The fraction of sp³-hybridized carbons (Fsp3) is 0.500. The van der Waals surface area contributed by atoms with Crippen molar-refractivity contribution in [1.82, 2.24) is 9.97 Å². The van der Waals surface area contributed by atoms with Gasteiger partial charge in [-0.2, -0.15) is 13.2 Å². The van der Waals surface area contributed by atoms with Gasteiger partial charge >= 0.3 is 6.18 Å². The highest BCUT2D eigenvalue weighted by Gasteiger charge is 2.38. The molecule has 1 unspecified atom stereocenters. The Morgan fingerprint density at radius 1 is 1.40 bits per heavy atom. The molecule has 0 aliphatic carbocycles. The van der Waals surface area contributed by atoms with Gasteiger partial charge < -0.3 is 10.5 Å². The van der Waals surface area contributed by atoms with E-state index in [0.717, 1.165) is 13.3 Å². The van der Waals surface area contributed by atoms with Gasteiger partial charge in [0.1, 0.15) is 12.1 Å². The quantitative estimate of drug-likeness (QED) is 0.825. The first-order valence-electron chi connectivity index (χ1n) is 4.13. The van der Waals surface area contributed by atoms with Crippen molar-refractivity contribution in [2.24, 2.45) is 0 Å². The van der Waals surface area contributed by atoms with Crippen LogP contribution in [-0.2, 0) is 0 Å². The van der Waals surface area contributed by atoms with Gasteiger partial charge in [0.2, 0.25) is 5.88 Å². The minimum absolute atomic E-state index is 0.106. The Morgan fingerprint density at radius 2 is 2.00 bits per heavy atom. The number of anilines is 1. The Morgan fingerprint density at radius 3 is 2.53 bits per heavy atom. The Hall–Kier alpha value is -1.53. The molecule has 0 spiro atoms. The third kappa shape index (κ3) is 2.71. The molecule has 0 aromatic carbocycles. The third-order valence-electron chi connectivity index (χ3n) is 1.83. The summed E-state index contributed by atoms with van der Waals surface area (Å²) < 4.78 is 41.1. The molecule has 1 heterocycles. The Labute approximate surface area is 84.3 Å². The monoisotopic (exact) mass is 221 g/mol. The van der Waals surface area contributed by atoms with Crippen molar-refractivity contribution in [3.63, 3.8) is 0 Å². The van der Waals surface area contributed by atoms with Crippen LogP contribution in [0.1, 0.15) is 12.5 Å². The molecule has 0 aliphatic heterocycles. The molecule has 7 heteroatoms. The summed E-state index contributed by atoms with van der Waals surface area (Å²) in [5.74, 6) is -0.0401. The predicted molar refractivity (Wildman–Crippen MR) is 47.3 cm³/mol. The molecule has 0 aliphatic rings. The van der Waals surface area contributed by atoms with E-state index in [9.17, 15) is 13.2 Å². The van der Waals surface area contributed by atoms with Gasteiger partial charge in [0, 0.05) is 0 Å². The van der Waals surface area contributed by atoms with Crippen LogP contribution in [0, 0.1) is 6.92 Å². The van der Waals surface area contributed by atoms with Crippen LogP contribution in [0.5, 0.6) is 5.88 Å². The minimum atomic E-state index is -4.42. The number of hydrogen-bond donors (Lipinski definition) is 1. The lowest BCUT2D eigenvalue weighted by molar-refractivity contribution is -0.190. The molecular formula is C8H10F3N3O. The van der Waals surface area contributed by atoms with Crippen molar-refractivity contribution in [3.8, 4) is 5.88 Å². The third-order valence-corrected chi connectivity index (χ3v) is 1.83. The van der Waals surface area contributed by atoms with Gasteiger partial charge in [0.15, 0.2) is 6.10 Å². The number of nitrogens with zero attached hydrogens (tertiary/aromatic N) is 2. The molecule has 0 fully saturated rings. The maximum absolute atomic E-state index is 12.2. The van der Waals surface area contributed by atoms with Crippen molar-refractivity contribution < 1.29 is 17.9 Å². The molecule has 2 N–H and O–H groups in total. The van der Waals surface area contributed by atoms with Crippen molar-refractivity contribution in [2.75, 3.05) is 5.73 Å². The van der Waals surface area contributed by atoms with Crippen LogP contribution >= 0.6 is 0 Å². The summed E-state index contributed by atoms with van der Waals surface area (Å²) in [4.78, 5) is 7.19. The Balaban J connectivity index is 2.86. The molecular weight excluding hydrogens is 211 g/mol. The van der Waals surface area contributed by atoms with E-state index in [1.807, 2.05) is 0 Å². The van der Waals surface area contributed by atoms with E-state index in [4.69, 9.17) is 5.73 Å². The van der Waals surface area contributed by atoms with Crippen LogP contribution in [0.4, 0.5) is 19.0 Å². The van der Waals surface area contributed by atoms with E-state index in [-0.39, 0.29) is 11.7 Å². The summed E-state index contributed by atoms with van der Waals surface area (Å²) in [5, 5.41) is 0. The van der Waals surface area contributed by atoms with Crippen LogP contribution in [0.2, 0.25) is 0 Å². The smallest absolute Gasteiger partial charge is 0.425 e. The SMILES string of the molecule is Cc1c(N)ncnc1OC(C)C(F)(F)F. The largest absolute Gasteiger partial charge is 0.465 e. The van der Waals surface area contributed by atoms with Crippen LogP contribution in [0.15, 0.2) is 6.33 Å². The van der Waals surface area contributed by atoms with Crippen LogP contribution in [-0.4, -0.2) is 22.2 Å². The zero-order chi connectivity index (χ0) is 11.6. The Bertz CT molecular complexity index is 353. The molecule has 1 aromatic rings. The first-order chi connectivity index (χ1) is 6.82. The first kappa shape index (κ1) is 11.5. The number of halogens is 3. The molecule has 0 saturated carbocycles. The standard InChI is InChI=1S/C8H10F3N3O/c1-4-6(12)13-3-14-7(4)15-5(2)8(9,10)11/h3,5H,1-2H3,(H2,12,13,14). The number of alkyl halides is 3. The van der Waals surface area contributed by atoms with Crippen LogP contribution < -0.4 is 10.5 Å². The van der Waals surface area contributed by atoms with E-state index in [2.05, 4.69) is 14.7 Å². The predicted octanol–water partition coefficient (Wildman–Crippen LogP) is 1.70. The molecule has 0 amide bonds. The van der Waals surface area contributed by atoms with Crippen molar-refractivity contribution in [3.05, 3.63) is 11.9 Å². The van der Waals surface area contributed by atoms with E-state index in [1.54, 1.807) is 0 Å². The number of nitrogens with two attached hydrogens (primary N) is 1. The molecule has 1 atom stereocenters. The fourth-order valence-electron chi connectivity index (χ4n) is 0.800. The van der Waals surface area contributed by atoms with Gasteiger partial charge in [0.25, 0.3) is 0 Å². The van der Waals surface area contributed by atoms with Crippen LogP contribution in [0.3, 0.4) is 0 Å². The summed E-state index contributed by atoms with van der Waals surface area (Å²) in [6.45, 7) is 2.39. The zero-order valence-electron chi connectivity index (χ0n) is 8.17. The maximum Gasteiger partial charge on any atom is 0.425 e. The number of ether oxygens (including phenoxy) is 1. The van der Waals surface area contributed by atoms with Crippen LogP contribution in [0.25, 0.3) is 0 Å². The number of aromatic nitrogens is 2. The fourth-order valence-corrected chi connectivity index (χ4v) is 0.800. The lowest BCUT2D eigenvalue weighted by Crippen LogP contribution is -2.31. The molecule has 4 nitrogen and oxygen atoms in total. The molecule has 84 valence electrons.